The van der Waals surface area contributed by atoms with Crippen molar-refractivity contribution in [2.45, 2.75) is 0 Å². The Morgan fingerprint density at radius 2 is 2.00 bits per heavy atom. The fourth-order valence-electron chi connectivity index (χ4n) is 1.21. The van der Waals surface area contributed by atoms with Crippen molar-refractivity contribution in [3.8, 4) is 11.1 Å². The van der Waals surface area contributed by atoms with Gasteiger partial charge >= 0.3 is 0 Å². The van der Waals surface area contributed by atoms with Gasteiger partial charge in [-0.25, -0.2) is 4.98 Å². The van der Waals surface area contributed by atoms with E-state index in [0.29, 0.717) is 14.7 Å². The lowest BCUT2D eigenvalue weighted by Crippen LogP contribution is -1.84. The average molecular weight is 257 g/mol. The number of nitrogens with one attached hydrogen (secondary N) is 1. The van der Waals surface area contributed by atoms with Crippen LogP contribution in [0.25, 0.3) is 11.1 Å². The van der Waals surface area contributed by atoms with Crippen LogP contribution in [-0.2, 0) is 0 Å². The standard InChI is InChI=1S/C10H6Cl2N2S/c11-8-2-1-6(3-9(8)12)7-4-13-5-14-10(7)15/h1-5H,(H,13,14,15). The Labute approximate surface area is 102 Å². The predicted octanol–water partition coefficient (Wildman–Crippen LogP) is 4.11. The molecule has 0 amide bonds. The second-order valence-corrected chi connectivity index (χ2v) is 4.15. The van der Waals surface area contributed by atoms with Crippen molar-refractivity contribution in [3.63, 3.8) is 0 Å². The van der Waals surface area contributed by atoms with E-state index >= 15 is 0 Å². The third-order valence-corrected chi connectivity index (χ3v) is 3.03. The van der Waals surface area contributed by atoms with E-state index in [2.05, 4.69) is 9.97 Å². The van der Waals surface area contributed by atoms with Gasteiger partial charge < -0.3 is 4.98 Å². The van der Waals surface area contributed by atoms with Crippen molar-refractivity contribution in [2.24, 2.45) is 0 Å². The second kappa shape index (κ2) is 4.31. The number of nitrogens with zero attached hydrogens (tertiary/aromatic N) is 1. The fraction of sp³-hybridized carbons (Fsp3) is 0. The molecule has 76 valence electrons. The first-order valence-electron chi connectivity index (χ1n) is 4.16. The zero-order chi connectivity index (χ0) is 10.8. The first-order chi connectivity index (χ1) is 7.18. The summed E-state index contributed by atoms with van der Waals surface area (Å²) in [5, 5.41) is 1.03. The molecule has 1 heterocycles. The van der Waals surface area contributed by atoms with Gasteiger partial charge in [-0.2, -0.15) is 0 Å². The van der Waals surface area contributed by atoms with E-state index in [1.807, 2.05) is 6.07 Å². The molecule has 2 nitrogen and oxygen atoms in total. The molecule has 15 heavy (non-hydrogen) atoms. The van der Waals surface area contributed by atoms with Crippen LogP contribution in [0.15, 0.2) is 30.7 Å². The summed E-state index contributed by atoms with van der Waals surface area (Å²) in [5.41, 5.74) is 1.74. The molecule has 2 rings (SSSR count). The van der Waals surface area contributed by atoms with Crippen molar-refractivity contribution in [2.75, 3.05) is 0 Å². The van der Waals surface area contributed by atoms with E-state index in [1.54, 1.807) is 24.7 Å². The number of H-pyrrole nitrogens is 1. The molecule has 1 aromatic carbocycles. The van der Waals surface area contributed by atoms with Gasteiger partial charge in [-0.1, -0.05) is 41.5 Å². The molecule has 0 saturated carbocycles. The molecule has 0 atom stereocenters. The zero-order valence-electron chi connectivity index (χ0n) is 7.50. The topological polar surface area (TPSA) is 28.7 Å². The Morgan fingerprint density at radius 1 is 1.20 bits per heavy atom. The van der Waals surface area contributed by atoms with Gasteiger partial charge in [-0.05, 0) is 17.7 Å². The van der Waals surface area contributed by atoms with E-state index < -0.39 is 0 Å². The number of hydrogen-bond acceptors (Lipinski definition) is 2. The largest absolute Gasteiger partial charge is 0.337 e. The second-order valence-electron chi connectivity index (χ2n) is 2.92. The monoisotopic (exact) mass is 256 g/mol. The number of benzene rings is 1. The van der Waals surface area contributed by atoms with Crippen LogP contribution in [0.3, 0.4) is 0 Å². The first-order valence-corrected chi connectivity index (χ1v) is 5.33. The van der Waals surface area contributed by atoms with Gasteiger partial charge in [0.15, 0.2) is 0 Å². The summed E-state index contributed by atoms with van der Waals surface area (Å²) >= 11 is 16.9. The molecule has 0 fully saturated rings. The highest BCUT2D eigenvalue weighted by Gasteiger charge is 2.03. The zero-order valence-corrected chi connectivity index (χ0v) is 9.83. The van der Waals surface area contributed by atoms with E-state index in [-0.39, 0.29) is 0 Å². The summed E-state index contributed by atoms with van der Waals surface area (Å²) in [4.78, 5) is 6.84. The third kappa shape index (κ3) is 2.20. The van der Waals surface area contributed by atoms with Crippen LogP contribution >= 0.6 is 35.4 Å². The van der Waals surface area contributed by atoms with Gasteiger partial charge in [0.25, 0.3) is 0 Å². The molecule has 2 aromatic rings. The maximum absolute atomic E-state index is 5.92. The van der Waals surface area contributed by atoms with Crippen molar-refractivity contribution in [3.05, 3.63) is 45.4 Å². The van der Waals surface area contributed by atoms with Crippen molar-refractivity contribution < 1.29 is 0 Å². The molecule has 0 unspecified atom stereocenters. The van der Waals surface area contributed by atoms with E-state index in [1.165, 1.54) is 0 Å². The van der Waals surface area contributed by atoms with Crippen LogP contribution in [0, 0.1) is 4.64 Å². The van der Waals surface area contributed by atoms with Gasteiger partial charge in [0.05, 0.1) is 16.4 Å². The maximum atomic E-state index is 5.92. The fourth-order valence-corrected chi connectivity index (χ4v) is 1.73. The normalized spacial score (nSPS) is 10.3. The number of hydrogen-bond donors (Lipinski definition) is 1. The highest BCUT2D eigenvalue weighted by molar-refractivity contribution is 7.71. The summed E-state index contributed by atoms with van der Waals surface area (Å²) in [6.07, 6.45) is 3.24. The highest BCUT2D eigenvalue weighted by atomic mass is 35.5. The van der Waals surface area contributed by atoms with Crippen LogP contribution in [-0.4, -0.2) is 9.97 Å². The summed E-state index contributed by atoms with van der Waals surface area (Å²) in [6.45, 7) is 0. The van der Waals surface area contributed by atoms with Crippen LogP contribution in [0.5, 0.6) is 0 Å². The van der Waals surface area contributed by atoms with Crippen LogP contribution in [0.4, 0.5) is 0 Å². The minimum atomic E-state index is 0.507. The van der Waals surface area contributed by atoms with Gasteiger partial charge in [0.1, 0.15) is 4.64 Å². The Bertz CT molecular complexity index is 551. The summed E-state index contributed by atoms with van der Waals surface area (Å²) < 4.78 is 0.628. The lowest BCUT2D eigenvalue weighted by atomic mass is 10.1. The molecule has 5 heteroatoms. The number of halogens is 2. The van der Waals surface area contributed by atoms with Gasteiger partial charge in [-0.3, -0.25) is 0 Å². The van der Waals surface area contributed by atoms with Gasteiger partial charge in [0, 0.05) is 11.8 Å². The SMILES string of the molecule is S=c1[nH]cncc1-c1ccc(Cl)c(Cl)c1. The minimum Gasteiger partial charge on any atom is -0.337 e. The Balaban J connectivity index is 2.60. The van der Waals surface area contributed by atoms with Crippen LogP contribution in [0.1, 0.15) is 0 Å². The molecule has 0 radical (unpaired) electrons. The Kier molecular flexibility index (Phi) is 3.05. The molecule has 1 aromatic heterocycles. The van der Waals surface area contributed by atoms with Crippen molar-refractivity contribution >= 4 is 35.4 Å². The van der Waals surface area contributed by atoms with E-state index in [4.69, 9.17) is 35.4 Å². The molecular formula is C10H6Cl2N2S. The summed E-state index contributed by atoms with van der Waals surface area (Å²) in [5.74, 6) is 0. The minimum absolute atomic E-state index is 0.507. The molecule has 0 saturated heterocycles. The smallest absolute Gasteiger partial charge is 0.113 e. The Morgan fingerprint density at radius 3 is 2.67 bits per heavy atom. The number of aromatic amines is 1. The molecular weight excluding hydrogens is 251 g/mol. The lowest BCUT2D eigenvalue weighted by Gasteiger charge is -2.02. The predicted molar refractivity (Wildman–Crippen MR) is 64.9 cm³/mol. The lowest BCUT2D eigenvalue weighted by molar-refractivity contribution is 1.15. The van der Waals surface area contributed by atoms with Gasteiger partial charge in [-0.15, -0.1) is 0 Å². The summed E-state index contributed by atoms with van der Waals surface area (Å²) in [6, 6.07) is 5.36. The number of aromatic nitrogens is 2. The molecule has 1 N–H and O–H groups in total. The number of rotatable bonds is 1. The molecule has 0 aliphatic carbocycles. The quantitative estimate of drug-likeness (QED) is 0.778. The first kappa shape index (κ1) is 10.6. The van der Waals surface area contributed by atoms with E-state index in [0.717, 1.165) is 11.1 Å². The molecule has 0 aliphatic heterocycles. The molecule has 0 aliphatic rings. The highest BCUT2D eigenvalue weighted by Crippen LogP contribution is 2.28. The molecule has 0 spiro atoms. The van der Waals surface area contributed by atoms with Crippen molar-refractivity contribution in [1.29, 1.82) is 0 Å². The average Bonchev–Trinajstić information content (AvgIpc) is 2.23. The molecule has 0 bridgehead atoms. The maximum Gasteiger partial charge on any atom is 0.113 e. The van der Waals surface area contributed by atoms with Crippen LogP contribution < -0.4 is 0 Å². The van der Waals surface area contributed by atoms with Gasteiger partial charge in [0.2, 0.25) is 0 Å². The van der Waals surface area contributed by atoms with Crippen molar-refractivity contribution in [1.82, 2.24) is 9.97 Å². The van der Waals surface area contributed by atoms with Crippen LogP contribution in [0.2, 0.25) is 10.0 Å². The summed E-state index contributed by atoms with van der Waals surface area (Å²) in [7, 11) is 0. The third-order valence-electron chi connectivity index (χ3n) is 1.95. The Hall–Kier alpha value is -0.900. The van der Waals surface area contributed by atoms with E-state index in [9.17, 15) is 0 Å².